The van der Waals surface area contributed by atoms with Gasteiger partial charge < -0.3 is 14.8 Å². The van der Waals surface area contributed by atoms with Crippen LogP contribution >= 0.6 is 11.6 Å². The molecule has 3 nitrogen and oxygen atoms in total. The maximum absolute atomic E-state index is 14.1. The molecule has 2 aliphatic rings. The zero-order chi connectivity index (χ0) is 12.5. The van der Waals surface area contributed by atoms with E-state index >= 15 is 0 Å². The van der Waals surface area contributed by atoms with Crippen molar-refractivity contribution in [2.75, 3.05) is 19.9 Å². The van der Waals surface area contributed by atoms with E-state index in [-0.39, 0.29) is 17.6 Å². The van der Waals surface area contributed by atoms with Gasteiger partial charge in [0.15, 0.2) is 11.5 Å². The molecule has 2 aliphatic heterocycles. The highest BCUT2D eigenvalue weighted by atomic mass is 35.5. The number of ether oxygens (including phenoxy) is 2. The fourth-order valence-corrected chi connectivity index (χ4v) is 2.84. The summed E-state index contributed by atoms with van der Waals surface area (Å²) in [5.41, 5.74) is 0.559. The molecule has 0 aromatic heterocycles. The Morgan fingerprint density at radius 1 is 1.44 bits per heavy atom. The first-order valence-electron chi connectivity index (χ1n) is 6.23. The number of benzene rings is 1. The third-order valence-corrected chi connectivity index (χ3v) is 3.81. The Morgan fingerprint density at radius 3 is 3.11 bits per heavy atom. The molecular formula is C13H15ClFNO2. The lowest BCUT2D eigenvalue weighted by Crippen LogP contribution is -2.31. The van der Waals surface area contributed by atoms with E-state index in [0.717, 1.165) is 25.9 Å². The van der Waals surface area contributed by atoms with Crippen LogP contribution in [0.3, 0.4) is 0 Å². The number of fused-ring (bicyclic) bond motifs is 1. The summed E-state index contributed by atoms with van der Waals surface area (Å²) in [7, 11) is 0. The third kappa shape index (κ3) is 2.15. The smallest absolute Gasteiger partial charge is 0.231 e. The molecule has 1 saturated heterocycles. The number of hydrogen-bond donors (Lipinski definition) is 1. The molecule has 1 atom stereocenters. The Balaban J connectivity index is 1.90. The molecule has 0 amide bonds. The second-order valence-electron chi connectivity index (χ2n) is 4.80. The van der Waals surface area contributed by atoms with Crippen molar-refractivity contribution in [2.24, 2.45) is 5.92 Å². The zero-order valence-corrected chi connectivity index (χ0v) is 10.7. The maximum Gasteiger partial charge on any atom is 0.231 e. The molecule has 1 unspecified atom stereocenters. The van der Waals surface area contributed by atoms with E-state index < -0.39 is 0 Å². The first-order chi connectivity index (χ1) is 8.75. The molecule has 0 bridgehead atoms. The Morgan fingerprint density at radius 2 is 2.33 bits per heavy atom. The molecule has 1 fully saturated rings. The van der Waals surface area contributed by atoms with Crippen LogP contribution in [0.15, 0.2) is 6.07 Å². The van der Waals surface area contributed by atoms with E-state index in [1.54, 1.807) is 0 Å². The van der Waals surface area contributed by atoms with E-state index in [0.29, 0.717) is 29.4 Å². The summed E-state index contributed by atoms with van der Waals surface area (Å²) in [5.74, 6) is 1.15. The molecule has 0 saturated carbocycles. The van der Waals surface area contributed by atoms with E-state index in [4.69, 9.17) is 21.1 Å². The average molecular weight is 272 g/mol. The third-order valence-electron chi connectivity index (χ3n) is 3.54. The van der Waals surface area contributed by atoms with E-state index in [9.17, 15) is 4.39 Å². The molecule has 18 heavy (non-hydrogen) atoms. The van der Waals surface area contributed by atoms with Gasteiger partial charge in [0.2, 0.25) is 6.79 Å². The van der Waals surface area contributed by atoms with Gasteiger partial charge >= 0.3 is 0 Å². The van der Waals surface area contributed by atoms with Crippen LogP contribution in [0.1, 0.15) is 18.4 Å². The fraction of sp³-hybridized carbons (Fsp3) is 0.538. The van der Waals surface area contributed by atoms with Gasteiger partial charge in [-0.1, -0.05) is 11.6 Å². The van der Waals surface area contributed by atoms with Crippen LogP contribution in [0.25, 0.3) is 0 Å². The predicted molar refractivity (Wildman–Crippen MR) is 66.8 cm³/mol. The number of halogens is 2. The van der Waals surface area contributed by atoms with Crippen molar-refractivity contribution in [1.82, 2.24) is 5.32 Å². The van der Waals surface area contributed by atoms with Gasteiger partial charge in [0.05, 0.1) is 5.02 Å². The minimum absolute atomic E-state index is 0.109. The lowest BCUT2D eigenvalue weighted by atomic mass is 9.91. The van der Waals surface area contributed by atoms with Crippen LogP contribution in [0, 0.1) is 11.7 Å². The number of hydrogen-bond acceptors (Lipinski definition) is 3. The first kappa shape index (κ1) is 12.1. The largest absolute Gasteiger partial charge is 0.454 e. The summed E-state index contributed by atoms with van der Waals surface area (Å²) in [6.45, 7) is 2.11. The van der Waals surface area contributed by atoms with Crippen molar-refractivity contribution in [2.45, 2.75) is 19.3 Å². The molecule has 98 valence electrons. The van der Waals surface area contributed by atoms with Gasteiger partial charge in [-0.3, -0.25) is 0 Å². The van der Waals surface area contributed by atoms with Crippen LogP contribution in [-0.4, -0.2) is 19.9 Å². The van der Waals surface area contributed by atoms with Crippen LogP contribution in [0.4, 0.5) is 4.39 Å². The lowest BCUT2D eigenvalue weighted by Gasteiger charge is -2.23. The average Bonchev–Trinajstić information content (AvgIpc) is 2.84. The topological polar surface area (TPSA) is 30.5 Å². The van der Waals surface area contributed by atoms with E-state index in [1.165, 1.54) is 6.07 Å². The normalized spacial score (nSPS) is 22.2. The molecule has 1 aromatic rings. The molecule has 2 heterocycles. The molecule has 0 aliphatic carbocycles. The molecule has 0 radical (unpaired) electrons. The van der Waals surface area contributed by atoms with Crippen LogP contribution < -0.4 is 14.8 Å². The highest BCUT2D eigenvalue weighted by molar-refractivity contribution is 6.31. The number of nitrogens with one attached hydrogen (secondary N) is 1. The minimum atomic E-state index is -0.369. The maximum atomic E-state index is 14.1. The Bertz CT molecular complexity index is 461. The van der Waals surface area contributed by atoms with Gasteiger partial charge in [0.25, 0.3) is 0 Å². The van der Waals surface area contributed by atoms with E-state index in [1.807, 2.05) is 0 Å². The van der Waals surface area contributed by atoms with E-state index in [2.05, 4.69) is 5.32 Å². The zero-order valence-electron chi connectivity index (χ0n) is 9.97. The number of rotatable bonds is 2. The molecule has 0 spiro atoms. The van der Waals surface area contributed by atoms with Gasteiger partial charge in [0.1, 0.15) is 5.82 Å². The molecule has 1 aromatic carbocycles. The Kier molecular flexibility index (Phi) is 3.31. The van der Waals surface area contributed by atoms with Crippen LogP contribution in [0.5, 0.6) is 11.5 Å². The summed E-state index contributed by atoms with van der Waals surface area (Å²) in [6, 6.07) is 1.49. The van der Waals surface area contributed by atoms with Gasteiger partial charge in [-0.05, 0) is 38.3 Å². The second-order valence-corrected chi connectivity index (χ2v) is 5.21. The summed E-state index contributed by atoms with van der Waals surface area (Å²) < 4.78 is 24.8. The van der Waals surface area contributed by atoms with Crippen molar-refractivity contribution in [3.63, 3.8) is 0 Å². The standard InChI is InChI=1S/C13H15ClFNO2/c14-10-5-11-13(18-7-17-11)9(12(10)15)4-8-2-1-3-16-6-8/h5,8,16H,1-4,6-7H2. The summed E-state index contributed by atoms with van der Waals surface area (Å²) in [4.78, 5) is 0. The van der Waals surface area contributed by atoms with Crippen molar-refractivity contribution in [1.29, 1.82) is 0 Å². The van der Waals surface area contributed by atoms with Crippen molar-refractivity contribution in [3.8, 4) is 11.5 Å². The quantitative estimate of drug-likeness (QED) is 0.897. The monoisotopic (exact) mass is 271 g/mol. The molecule has 3 rings (SSSR count). The first-order valence-corrected chi connectivity index (χ1v) is 6.60. The second kappa shape index (κ2) is 4.94. The summed E-state index contributed by atoms with van der Waals surface area (Å²) >= 11 is 5.89. The highest BCUT2D eigenvalue weighted by Gasteiger charge is 2.26. The lowest BCUT2D eigenvalue weighted by molar-refractivity contribution is 0.172. The van der Waals surface area contributed by atoms with Crippen LogP contribution in [0.2, 0.25) is 5.02 Å². The number of piperidine rings is 1. The predicted octanol–water partition coefficient (Wildman–Crippen LogP) is 2.75. The van der Waals surface area contributed by atoms with Crippen LogP contribution in [-0.2, 0) is 6.42 Å². The van der Waals surface area contributed by atoms with Gasteiger partial charge in [0, 0.05) is 11.6 Å². The van der Waals surface area contributed by atoms with Crippen molar-refractivity contribution >= 4 is 11.6 Å². The molecule has 1 N–H and O–H groups in total. The van der Waals surface area contributed by atoms with Gasteiger partial charge in [-0.15, -0.1) is 0 Å². The van der Waals surface area contributed by atoms with Crippen molar-refractivity contribution in [3.05, 3.63) is 22.5 Å². The van der Waals surface area contributed by atoms with Gasteiger partial charge in [-0.25, -0.2) is 4.39 Å². The fourth-order valence-electron chi connectivity index (χ4n) is 2.62. The molecule has 5 heteroatoms. The Hall–Kier alpha value is -1.00. The minimum Gasteiger partial charge on any atom is -0.454 e. The SMILES string of the molecule is Fc1c(Cl)cc2c(c1CC1CCCNC1)OCO2. The van der Waals surface area contributed by atoms with Crippen molar-refractivity contribution < 1.29 is 13.9 Å². The Labute approximate surface area is 110 Å². The summed E-state index contributed by atoms with van der Waals surface area (Å²) in [5, 5.41) is 3.44. The highest BCUT2D eigenvalue weighted by Crippen LogP contribution is 2.41. The molecular weight excluding hydrogens is 257 g/mol. The van der Waals surface area contributed by atoms with Gasteiger partial charge in [-0.2, -0.15) is 0 Å². The summed E-state index contributed by atoms with van der Waals surface area (Å²) in [6.07, 6.45) is 2.88.